The summed E-state index contributed by atoms with van der Waals surface area (Å²) in [7, 11) is 4.66. The van der Waals surface area contributed by atoms with Gasteiger partial charge in [0.25, 0.3) is 0 Å². The van der Waals surface area contributed by atoms with E-state index in [1.54, 1.807) is 25.3 Å². The second kappa shape index (κ2) is 8.99. The Morgan fingerprint density at radius 2 is 1.92 bits per heavy atom. The summed E-state index contributed by atoms with van der Waals surface area (Å²) >= 11 is 6.15. The van der Waals surface area contributed by atoms with Gasteiger partial charge in [0.05, 0.1) is 26.4 Å². The van der Waals surface area contributed by atoms with Crippen molar-refractivity contribution in [1.82, 2.24) is 5.32 Å². The summed E-state index contributed by atoms with van der Waals surface area (Å²) in [4.78, 5) is 12.0. The quantitative estimate of drug-likeness (QED) is 0.764. The molecule has 0 atom stereocenters. The lowest BCUT2D eigenvalue weighted by atomic mass is 10.2. The van der Waals surface area contributed by atoms with E-state index >= 15 is 0 Å². The molecule has 5 nitrogen and oxygen atoms in total. The van der Waals surface area contributed by atoms with E-state index in [9.17, 15) is 4.79 Å². The fourth-order valence-electron chi connectivity index (χ4n) is 2.24. The van der Waals surface area contributed by atoms with E-state index in [0.29, 0.717) is 23.1 Å². The second-order valence-electron chi connectivity index (χ2n) is 5.14. The van der Waals surface area contributed by atoms with Crippen LogP contribution in [0.2, 0.25) is 5.02 Å². The maximum absolute atomic E-state index is 12.0. The van der Waals surface area contributed by atoms with Gasteiger partial charge in [-0.2, -0.15) is 0 Å². The number of amides is 1. The van der Waals surface area contributed by atoms with Crippen molar-refractivity contribution in [2.45, 2.75) is 6.54 Å². The maximum Gasteiger partial charge on any atom is 0.244 e. The third-order valence-electron chi connectivity index (χ3n) is 3.48. The smallest absolute Gasteiger partial charge is 0.244 e. The number of methoxy groups -OCH3 is 3. The van der Waals surface area contributed by atoms with Gasteiger partial charge in [0, 0.05) is 12.6 Å². The number of benzene rings is 2. The van der Waals surface area contributed by atoms with Gasteiger partial charge in [0.2, 0.25) is 5.91 Å². The molecule has 2 rings (SSSR count). The van der Waals surface area contributed by atoms with Crippen LogP contribution in [0.3, 0.4) is 0 Å². The number of rotatable bonds is 7. The zero-order valence-electron chi connectivity index (χ0n) is 14.3. The molecule has 0 radical (unpaired) electrons. The second-order valence-corrected chi connectivity index (χ2v) is 5.55. The SMILES string of the molecule is COc1cccc(CNC(=O)/C=C/c2cc(Cl)c(OC)c(OC)c2)c1. The number of nitrogens with one attached hydrogen (secondary N) is 1. The first-order valence-corrected chi connectivity index (χ1v) is 7.95. The Morgan fingerprint density at radius 1 is 1.12 bits per heavy atom. The number of carbonyl (C=O) groups is 1. The average molecular weight is 362 g/mol. The van der Waals surface area contributed by atoms with Gasteiger partial charge < -0.3 is 19.5 Å². The molecule has 0 spiro atoms. The summed E-state index contributed by atoms with van der Waals surface area (Å²) in [6.45, 7) is 0.410. The van der Waals surface area contributed by atoms with Crippen molar-refractivity contribution in [2.24, 2.45) is 0 Å². The first-order chi connectivity index (χ1) is 12.1. The normalized spacial score (nSPS) is 10.6. The van der Waals surface area contributed by atoms with Crippen LogP contribution < -0.4 is 19.5 Å². The predicted octanol–water partition coefficient (Wildman–Crippen LogP) is 3.70. The van der Waals surface area contributed by atoms with Crippen molar-refractivity contribution in [3.8, 4) is 17.2 Å². The molecule has 0 unspecified atom stereocenters. The van der Waals surface area contributed by atoms with E-state index < -0.39 is 0 Å². The number of ether oxygens (including phenoxy) is 3. The Kier molecular flexibility index (Phi) is 6.71. The first kappa shape index (κ1) is 18.7. The van der Waals surface area contributed by atoms with Crippen molar-refractivity contribution >= 4 is 23.6 Å². The summed E-state index contributed by atoms with van der Waals surface area (Å²) in [5.41, 5.74) is 1.69. The van der Waals surface area contributed by atoms with Crippen LogP contribution >= 0.6 is 11.6 Å². The molecule has 0 aliphatic carbocycles. The summed E-state index contributed by atoms with van der Waals surface area (Å²) in [5, 5.41) is 3.23. The van der Waals surface area contributed by atoms with Gasteiger partial charge >= 0.3 is 0 Å². The highest BCUT2D eigenvalue weighted by Gasteiger charge is 2.09. The molecule has 25 heavy (non-hydrogen) atoms. The molecule has 0 aromatic heterocycles. The molecule has 1 N–H and O–H groups in total. The zero-order valence-corrected chi connectivity index (χ0v) is 15.1. The Labute approximate surface area is 152 Å². The van der Waals surface area contributed by atoms with Gasteiger partial charge in [-0.3, -0.25) is 4.79 Å². The largest absolute Gasteiger partial charge is 0.497 e. The molecular weight excluding hydrogens is 342 g/mol. The Morgan fingerprint density at radius 3 is 2.60 bits per heavy atom. The third kappa shape index (κ3) is 5.16. The third-order valence-corrected chi connectivity index (χ3v) is 3.76. The van der Waals surface area contributed by atoms with E-state index in [-0.39, 0.29) is 5.91 Å². The Balaban J connectivity index is 2.01. The van der Waals surface area contributed by atoms with Crippen LogP contribution in [-0.2, 0) is 11.3 Å². The molecule has 2 aromatic carbocycles. The summed E-state index contributed by atoms with van der Waals surface area (Å²) in [6, 6.07) is 11.0. The van der Waals surface area contributed by atoms with Crippen molar-refractivity contribution in [3.05, 3.63) is 58.6 Å². The molecule has 0 fully saturated rings. The number of carbonyl (C=O) groups excluding carboxylic acids is 1. The van der Waals surface area contributed by atoms with Gasteiger partial charge in [-0.05, 0) is 41.5 Å². The molecule has 0 bridgehead atoms. The molecule has 6 heteroatoms. The van der Waals surface area contributed by atoms with Gasteiger partial charge in [-0.1, -0.05) is 23.7 Å². The van der Waals surface area contributed by atoms with Crippen molar-refractivity contribution < 1.29 is 19.0 Å². The fourth-order valence-corrected chi connectivity index (χ4v) is 2.53. The highest BCUT2D eigenvalue weighted by molar-refractivity contribution is 6.32. The van der Waals surface area contributed by atoms with Gasteiger partial charge in [-0.15, -0.1) is 0 Å². The topological polar surface area (TPSA) is 56.8 Å². The molecule has 1 amide bonds. The molecule has 0 aliphatic heterocycles. The molecule has 0 aliphatic rings. The van der Waals surface area contributed by atoms with Crippen LogP contribution in [-0.4, -0.2) is 27.2 Å². The minimum absolute atomic E-state index is 0.214. The Hall–Kier alpha value is -2.66. The lowest BCUT2D eigenvalue weighted by molar-refractivity contribution is -0.116. The number of halogens is 1. The van der Waals surface area contributed by atoms with Gasteiger partial charge in [0.1, 0.15) is 5.75 Å². The number of hydrogen-bond acceptors (Lipinski definition) is 4. The lowest BCUT2D eigenvalue weighted by Gasteiger charge is -2.10. The highest BCUT2D eigenvalue weighted by Crippen LogP contribution is 2.36. The van der Waals surface area contributed by atoms with E-state index in [0.717, 1.165) is 16.9 Å². The van der Waals surface area contributed by atoms with Gasteiger partial charge in [0.15, 0.2) is 11.5 Å². The van der Waals surface area contributed by atoms with Crippen molar-refractivity contribution in [2.75, 3.05) is 21.3 Å². The minimum Gasteiger partial charge on any atom is -0.497 e. The molecule has 2 aromatic rings. The molecule has 0 saturated carbocycles. The monoisotopic (exact) mass is 361 g/mol. The molecule has 0 saturated heterocycles. The van der Waals surface area contributed by atoms with Crippen LogP contribution in [0.15, 0.2) is 42.5 Å². The molecule has 0 heterocycles. The van der Waals surface area contributed by atoms with Crippen LogP contribution in [0.1, 0.15) is 11.1 Å². The van der Waals surface area contributed by atoms with Crippen LogP contribution in [0.5, 0.6) is 17.2 Å². The zero-order chi connectivity index (χ0) is 18.2. The average Bonchev–Trinajstić information content (AvgIpc) is 2.64. The highest BCUT2D eigenvalue weighted by atomic mass is 35.5. The van der Waals surface area contributed by atoms with E-state index in [1.807, 2.05) is 24.3 Å². The first-order valence-electron chi connectivity index (χ1n) is 7.57. The maximum atomic E-state index is 12.0. The van der Waals surface area contributed by atoms with Crippen LogP contribution in [0.4, 0.5) is 0 Å². The molecular formula is C19H20ClNO4. The minimum atomic E-state index is -0.214. The summed E-state index contributed by atoms with van der Waals surface area (Å²) in [5.74, 6) is 1.51. The van der Waals surface area contributed by atoms with E-state index in [2.05, 4.69) is 5.32 Å². The van der Waals surface area contributed by atoms with Gasteiger partial charge in [-0.25, -0.2) is 0 Å². The predicted molar refractivity (Wildman–Crippen MR) is 98.4 cm³/mol. The van der Waals surface area contributed by atoms with Crippen LogP contribution in [0.25, 0.3) is 6.08 Å². The number of hydrogen-bond donors (Lipinski definition) is 1. The van der Waals surface area contributed by atoms with Crippen LogP contribution in [0, 0.1) is 0 Å². The fraction of sp³-hybridized carbons (Fsp3) is 0.211. The summed E-state index contributed by atoms with van der Waals surface area (Å²) < 4.78 is 15.6. The summed E-state index contributed by atoms with van der Waals surface area (Å²) in [6.07, 6.45) is 3.10. The molecule has 132 valence electrons. The van der Waals surface area contributed by atoms with Crippen molar-refractivity contribution in [3.63, 3.8) is 0 Å². The standard InChI is InChI=1S/C19H20ClNO4/c1-23-15-6-4-5-14(9-15)12-21-18(22)8-7-13-10-16(20)19(25-3)17(11-13)24-2/h4-11H,12H2,1-3H3,(H,21,22)/b8-7+. The Bertz CT molecular complexity index is 774. The van der Waals surface area contributed by atoms with E-state index in [4.69, 9.17) is 25.8 Å². The van der Waals surface area contributed by atoms with E-state index in [1.165, 1.54) is 20.3 Å². The van der Waals surface area contributed by atoms with Crippen molar-refractivity contribution in [1.29, 1.82) is 0 Å². The lowest BCUT2D eigenvalue weighted by Crippen LogP contribution is -2.20.